The van der Waals surface area contributed by atoms with Gasteiger partial charge in [-0.15, -0.1) is 0 Å². The number of hydrogen-bond acceptors (Lipinski definition) is 3. The van der Waals surface area contributed by atoms with Crippen molar-refractivity contribution < 1.29 is 18.7 Å². The topological polar surface area (TPSA) is 46.6 Å². The maximum absolute atomic E-state index is 13.7. The van der Waals surface area contributed by atoms with Crippen molar-refractivity contribution in [2.75, 3.05) is 18.1 Å². The number of nitrogens with zero attached hydrogens (tertiary/aromatic N) is 1. The van der Waals surface area contributed by atoms with Gasteiger partial charge >= 0.3 is 5.97 Å². The lowest BCUT2D eigenvalue weighted by atomic mass is 10.1. The zero-order valence-electron chi connectivity index (χ0n) is 12.8. The molecule has 3 rings (SSSR count). The number of halogens is 2. The summed E-state index contributed by atoms with van der Waals surface area (Å²) >= 11 is 5.87. The summed E-state index contributed by atoms with van der Waals surface area (Å²) in [5.74, 6) is -1.56. The van der Waals surface area contributed by atoms with Gasteiger partial charge in [0.05, 0.1) is 6.42 Å². The van der Waals surface area contributed by atoms with Gasteiger partial charge in [-0.1, -0.05) is 35.9 Å². The number of rotatable bonds is 4. The first-order valence-corrected chi connectivity index (χ1v) is 7.91. The molecule has 1 aliphatic rings. The van der Waals surface area contributed by atoms with Crippen molar-refractivity contribution in [2.24, 2.45) is 0 Å². The highest BCUT2D eigenvalue weighted by Gasteiger charge is 2.25. The van der Waals surface area contributed by atoms with Crippen molar-refractivity contribution in [1.29, 1.82) is 0 Å². The van der Waals surface area contributed by atoms with E-state index >= 15 is 0 Å². The molecule has 0 aromatic heterocycles. The zero-order valence-corrected chi connectivity index (χ0v) is 13.6. The Kier molecular flexibility index (Phi) is 4.81. The highest BCUT2D eigenvalue weighted by Crippen LogP contribution is 2.27. The fourth-order valence-corrected chi connectivity index (χ4v) is 2.94. The molecular weight excluding hydrogens is 333 g/mol. The van der Waals surface area contributed by atoms with Gasteiger partial charge in [-0.05, 0) is 30.2 Å². The molecule has 2 aromatic rings. The van der Waals surface area contributed by atoms with Gasteiger partial charge in [-0.3, -0.25) is 9.59 Å². The minimum absolute atomic E-state index is 0.0723. The van der Waals surface area contributed by atoms with Crippen molar-refractivity contribution in [1.82, 2.24) is 0 Å². The smallest absolute Gasteiger partial charge is 0.310 e. The summed E-state index contributed by atoms with van der Waals surface area (Å²) in [6.45, 7) is 0.189. The predicted molar refractivity (Wildman–Crippen MR) is 88.6 cm³/mol. The Morgan fingerprint density at radius 3 is 2.75 bits per heavy atom. The summed E-state index contributed by atoms with van der Waals surface area (Å²) in [5.41, 5.74) is 2.01. The first-order chi connectivity index (χ1) is 11.6. The van der Waals surface area contributed by atoms with Gasteiger partial charge in [0.2, 0.25) is 0 Å². The third-order valence-corrected chi connectivity index (χ3v) is 4.28. The zero-order chi connectivity index (χ0) is 17.1. The molecule has 0 N–H and O–H groups in total. The molecular formula is C18H15ClFNO3. The molecule has 0 bridgehead atoms. The van der Waals surface area contributed by atoms with Crippen LogP contribution in [0.1, 0.15) is 11.1 Å². The Bertz CT molecular complexity index is 773. The average Bonchev–Trinajstić information content (AvgIpc) is 3.00. The third-order valence-electron chi connectivity index (χ3n) is 3.93. The number of benzene rings is 2. The molecule has 1 aliphatic heterocycles. The van der Waals surface area contributed by atoms with Gasteiger partial charge in [0, 0.05) is 22.8 Å². The van der Waals surface area contributed by atoms with Gasteiger partial charge in [0.25, 0.3) is 5.91 Å². The summed E-state index contributed by atoms with van der Waals surface area (Å²) in [5, 5.41) is 0.159. The van der Waals surface area contributed by atoms with Crippen molar-refractivity contribution in [3.8, 4) is 0 Å². The van der Waals surface area contributed by atoms with Crippen molar-refractivity contribution >= 4 is 29.2 Å². The number of carbonyl (C=O) groups is 2. The van der Waals surface area contributed by atoms with E-state index in [0.29, 0.717) is 6.54 Å². The van der Waals surface area contributed by atoms with Crippen molar-refractivity contribution in [3.63, 3.8) is 0 Å². The Labute approximate surface area is 143 Å². The van der Waals surface area contributed by atoms with Crippen LogP contribution in [-0.4, -0.2) is 25.0 Å². The lowest BCUT2D eigenvalue weighted by Gasteiger charge is -2.17. The highest BCUT2D eigenvalue weighted by molar-refractivity contribution is 6.31. The molecule has 2 aromatic carbocycles. The molecule has 1 heterocycles. The van der Waals surface area contributed by atoms with Crippen LogP contribution < -0.4 is 4.90 Å². The monoisotopic (exact) mass is 347 g/mol. The number of fused-ring (bicyclic) bond motifs is 1. The Balaban J connectivity index is 1.58. The van der Waals surface area contributed by atoms with E-state index in [1.54, 1.807) is 4.90 Å². The van der Waals surface area contributed by atoms with E-state index in [2.05, 4.69) is 0 Å². The second-order valence-electron chi connectivity index (χ2n) is 5.46. The second-order valence-corrected chi connectivity index (χ2v) is 5.87. The van der Waals surface area contributed by atoms with Crippen LogP contribution in [0.3, 0.4) is 0 Å². The van der Waals surface area contributed by atoms with E-state index in [1.807, 2.05) is 24.3 Å². The number of ether oxygens (including phenoxy) is 1. The van der Waals surface area contributed by atoms with Crippen LogP contribution in [0.5, 0.6) is 0 Å². The van der Waals surface area contributed by atoms with E-state index in [0.717, 1.165) is 17.7 Å². The first kappa shape index (κ1) is 16.5. The number of carbonyl (C=O) groups excluding carboxylic acids is 2. The normalized spacial score (nSPS) is 12.8. The van der Waals surface area contributed by atoms with Crippen LogP contribution >= 0.6 is 11.6 Å². The molecule has 0 spiro atoms. The lowest BCUT2D eigenvalue weighted by molar-refractivity contribution is -0.147. The fourth-order valence-electron chi connectivity index (χ4n) is 2.71. The summed E-state index contributed by atoms with van der Waals surface area (Å²) in [7, 11) is 0. The number of anilines is 1. The molecule has 0 radical (unpaired) electrons. The number of hydrogen-bond donors (Lipinski definition) is 0. The first-order valence-electron chi connectivity index (χ1n) is 7.53. The summed E-state index contributed by atoms with van der Waals surface area (Å²) in [6, 6.07) is 11.8. The number of esters is 1. The maximum Gasteiger partial charge on any atom is 0.310 e. The number of para-hydroxylation sites is 1. The standard InChI is InChI=1S/C18H15ClFNO3/c19-14-5-3-6-15(20)13(14)10-18(23)24-11-17(22)21-9-8-12-4-1-2-7-16(12)21/h1-7H,8-11H2. The molecule has 0 fully saturated rings. The lowest BCUT2D eigenvalue weighted by Crippen LogP contribution is -2.33. The van der Waals surface area contributed by atoms with E-state index in [9.17, 15) is 14.0 Å². The molecule has 0 aliphatic carbocycles. The van der Waals surface area contributed by atoms with Crippen LogP contribution in [0.25, 0.3) is 0 Å². The van der Waals surface area contributed by atoms with Gasteiger partial charge in [-0.2, -0.15) is 0 Å². The molecule has 124 valence electrons. The van der Waals surface area contributed by atoms with Gasteiger partial charge in [-0.25, -0.2) is 4.39 Å². The van der Waals surface area contributed by atoms with Crippen LogP contribution in [0, 0.1) is 5.82 Å². The van der Waals surface area contributed by atoms with Crippen molar-refractivity contribution in [2.45, 2.75) is 12.8 Å². The largest absolute Gasteiger partial charge is 0.455 e. The Hall–Kier alpha value is -2.40. The van der Waals surface area contributed by atoms with E-state index in [4.69, 9.17) is 16.3 Å². The Morgan fingerprint density at radius 1 is 1.17 bits per heavy atom. The van der Waals surface area contributed by atoms with E-state index in [-0.39, 0.29) is 29.5 Å². The predicted octanol–water partition coefficient (Wildman–Crippen LogP) is 3.15. The SMILES string of the molecule is O=C(Cc1c(F)cccc1Cl)OCC(=O)N1CCc2ccccc21. The summed E-state index contributed by atoms with van der Waals surface area (Å²) in [4.78, 5) is 25.7. The van der Waals surface area contributed by atoms with Gasteiger partial charge in [0.15, 0.2) is 6.61 Å². The second kappa shape index (κ2) is 7.01. The van der Waals surface area contributed by atoms with E-state index in [1.165, 1.54) is 18.2 Å². The van der Waals surface area contributed by atoms with Gasteiger partial charge < -0.3 is 9.64 Å². The fraction of sp³-hybridized carbons (Fsp3) is 0.222. The molecule has 1 amide bonds. The Morgan fingerprint density at radius 2 is 1.96 bits per heavy atom. The average molecular weight is 348 g/mol. The molecule has 0 saturated carbocycles. The van der Waals surface area contributed by atoms with Crippen LogP contribution in [-0.2, 0) is 27.2 Å². The van der Waals surface area contributed by atoms with E-state index < -0.39 is 11.8 Å². The highest BCUT2D eigenvalue weighted by atomic mass is 35.5. The van der Waals surface area contributed by atoms with Crippen LogP contribution in [0.15, 0.2) is 42.5 Å². The van der Waals surface area contributed by atoms with Crippen LogP contribution in [0.4, 0.5) is 10.1 Å². The summed E-state index contributed by atoms with van der Waals surface area (Å²) in [6.07, 6.45) is 0.468. The maximum atomic E-state index is 13.7. The molecule has 4 nitrogen and oxygen atoms in total. The molecule has 6 heteroatoms. The van der Waals surface area contributed by atoms with Crippen LogP contribution in [0.2, 0.25) is 5.02 Å². The summed E-state index contributed by atoms with van der Waals surface area (Å²) < 4.78 is 18.6. The molecule has 0 unspecified atom stereocenters. The molecule has 0 atom stereocenters. The minimum Gasteiger partial charge on any atom is -0.455 e. The third kappa shape index (κ3) is 3.41. The van der Waals surface area contributed by atoms with Crippen molar-refractivity contribution in [3.05, 3.63) is 64.4 Å². The number of amides is 1. The minimum atomic E-state index is -0.692. The molecule has 0 saturated heterocycles. The quantitative estimate of drug-likeness (QED) is 0.798. The van der Waals surface area contributed by atoms with Gasteiger partial charge in [0.1, 0.15) is 5.82 Å². The molecule has 24 heavy (non-hydrogen) atoms.